The van der Waals surface area contributed by atoms with Gasteiger partial charge in [-0.15, -0.1) is 0 Å². The number of aromatic amines is 1. The van der Waals surface area contributed by atoms with Gasteiger partial charge in [-0.25, -0.2) is 4.79 Å². The van der Waals surface area contributed by atoms with Gasteiger partial charge in [0.25, 0.3) is 5.91 Å². The number of aromatic nitrogens is 1. The van der Waals surface area contributed by atoms with Crippen molar-refractivity contribution >= 4 is 40.2 Å². The van der Waals surface area contributed by atoms with E-state index in [9.17, 15) is 9.59 Å². The Bertz CT molecular complexity index is 1700. The Kier molecular flexibility index (Phi) is 6.21. The lowest BCUT2D eigenvalue weighted by atomic mass is 10.00. The highest BCUT2D eigenvalue weighted by atomic mass is 35.5. The first-order valence-electron chi connectivity index (χ1n) is 12.4. The van der Waals surface area contributed by atoms with E-state index in [0.717, 1.165) is 38.9 Å². The summed E-state index contributed by atoms with van der Waals surface area (Å²) in [6, 6.07) is 27.9. The van der Waals surface area contributed by atoms with Crippen LogP contribution in [0.2, 0.25) is 5.02 Å². The summed E-state index contributed by atoms with van der Waals surface area (Å²) in [6.45, 7) is 0.422. The molecule has 7 nitrogen and oxygen atoms in total. The first-order valence-corrected chi connectivity index (χ1v) is 12.7. The number of H-pyrrole nitrogens is 1. The molecule has 2 amide bonds. The van der Waals surface area contributed by atoms with Gasteiger partial charge >= 0.3 is 6.09 Å². The zero-order valence-corrected chi connectivity index (χ0v) is 21.7. The third kappa shape index (κ3) is 4.57. The van der Waals surface area contributed by atoms with Crippen LogP contribution in [0.5, 0.6) is 5.75 Å². The molecular weight excluding hydrogens is 514 g/mol. The molecule has 0 spiro atoms. The van der Waals surface area contributed by atoms with Gasteiger partial charge in [-0.3, -0.25) is 10.1 Å². The predicted octanol–water partition coefficient (Wildman–Crippen LogP) is 7.33. The molecule has 0 saturated carbocycles. The third-order valence-electron chi connectivity index (χ3n) is 7.05. The maximum atomic E-state index is 14.0. The topological polar surface area (TPSA) is 94.7 Å². The molecule has 1 aliphatic heterocycles. The standard InChI is InChI=1S/C31H24ClN3O4/c1-39-28-13-10-22(32)16-25(28)29(27-15-20-4-2-3-5-26(20)34-27)35-17-21-7-6-19(14-24(21)30(35)36)18-8-11-23(12-9-18)33-31(37)38/h2-16,29,33-34H,17H2,1H3,(H,37,38). The van der Waals surface area contributed by atoms with Crippen molar-refractivity contribution in [2.75, 3.05) is 12.4 Å². The van der Waals surface area contributed by atoms with Gasteiger partial charge in [0, 0.05) is 39.6 Å². The van der Waals surface area contributed by atoms with Crippen LogP contribution in [0.3, 0.4) is 0 Å². The fourth-order valence-electron chi connectivity index (χ4n) is 5.25. The number of nitrogens with zero attached hydrogens (tertiary/aromatic N) is 1. The summed E-state index contributed by atoms with van der Waals surface area (Å²) in [5.74, 6) is 0.546. The number of carboxylic acid groups (broad SMARTS) is 1. The number of hydrogen-bond acceptors (Lipinski definition) is 3. The number of rotatable bonds is 6. The van der Waals surface area contributed by atoms with Gasteiger partial charge in [0.05, 0.1) is 7.11 Å². The monoisotopic (exact) mass is 537 g/mol. The van der Waals surface area contributed by atoms with Crippen molar-refractivity contribution in [3.05, 3.63) is 118 Å². The summed E-state index contributed by atoms with van der Waals surface area (Å²) in [6.07, 6.45) is -1.12. The molecule has 0 bridgehead atoms. The molecule has 4 aromatic carbocycles. The second-order valence-corrected chi connectivity index (χ2v) is 9.85. The summed E-state index contributed by atoms with van der Waals surface area (Å²) in [7, 11) is 1.61. The van der Waals surface area contributed by atoms with Crippen molar-refractivity contribution in [2.45, 2.75) is 12.6 Å². The molecule has 1 atom stereocenters. The summed E-state index contributed by atoms with van der Waals surface area (Å²) in [4.78, 5) is 30.3. The van der Waals surface area contributed by atoms with Crippen molar-refractivity contribution in [1.82, 2.24) is 9.88 Å². The number of halogens is 1. The Balaban J connectivity index is 1.40. The highest BCUT2D eigenvalue weighted by Gasteiger charge is 2.37. The summed E-state index contributed by atoms with van der Waals surface area (Å²) < 4.78 is 5.71. The van der Waals surface area contributed by atoms with E-state index in [0.29, 0.717) is 28.6 Å². The molecule has 8 heteroatoms. The number of carbonyl (C=O) groups is 2. The van der Waals surface area contributed by atoms with Crippen LogP contribution in [0, 0.1) is 0 Å². The number of para-hydroxylation sites is 1. The maximum Gasteiger partial charge on any atom is 0.409 e. The summed E-state index contributed by atoms with van der Waals surface area (Å²) >= 11 is 6.44. The van der Waals surface area contributed by atoms with Gasteiger partial charge in [0.2, 0.25) is 0 Å². The summed E-state index contributed by atoms with van der Waals surface area (Å²) in [5.41, 5.74) is 6.41. The summed E-state index contributed by atoms with van der Waals surface area (Å²) in [5, 5.41) is 12.9. The van der Waals surface area contributed by atoms with Crippen LogP contribution in [0.1, 0.15) is 33.2 Å². The molecule has 1 aromatic heterocycles. The van der Waals surface area contributed by atoms with Crippen LogP contribution >= 0.6 is 11.6 Å². The van der Waals surface area contributed by atoms with Gasteiger partial charge in [0.15, 0.2) is 0 Å². The molecule has 6 rings (SSSR count). The quantitative estimate of drug-likeness (QED) is 0.211. The SMILES string of the molecule is COc1ccc(Cl)cc1C(c1cc2ccccc2[nH]1)N1Cc2ccc(-c3ccc(NC(=O)O)cc3)cc2C1=O. The van der Waals surface area contributed by atoms with Crippen molar-refractivity contribution < 1.29 is 19.4 Å². The molecule has 5 aromatic rings. The minimum Gasteiger partial charge on any atom is -0.496 e. The Morgan fingerprint density at radius 3 is 2.51 bits per heavy atom. The Labute approximate surface area is 229 Å². The number of amides is 2. The van der Waals surface area contributed by atoms with Crippen LogP contribution in [0.25, 0.3) is 22.0 Å². The first-order chi connectivity index (χ1) is 18.9. The second kappa shape index (κ2) is 9.85. The fourth-order valence-corrected chi connectivity index (χ4v) is 5.43. The molecule has 194 valence electrons. The zero-order chi connectivity index (χ0) is 27.1. The molecule has 3 N–H and O–H groups in total. The molecule has 39 heavy (non-hydrogen) atoms. The van der Waals surface area contributed by atoms with Gasteiger partial charge in [-0.05, 0) is 70.6 Å². The number of hydrogen-bond donors (Lipinski definition) is 3. The lowest BCUT2D eigenvalue weighted by Crippen LogP contribution is -2.30. The fraction of sp³-hybridized carbons (Fsp3) is 0.0968. The smallest absolute Gasteiger partial charge is 0.409 e. The Hall–Kier alpha value is -4.75. The van der Waals surface area contributed by atoms with Crippen LogP contribution in [-0.4, -0.2) is 34.1 Å². The van der Waals surface area contributed by atoms with E-state index < -0.39 is 12.1 Å². The van der Waals surface area contributed by atoms with E-state index in [1.54, 1.807) is 25.3 Å². The van der Waals surface area contributed by atoms with Crippen molar-refractivity contribution in [3.63, 3.8) is 0 Å². The number of ether oxygens (including phenoxy) is 1. The molecular formula is C31H24ClN3O4. The maximum absolute atomic E-state index is 14.0. The van der Waals surface area contributed by atoms with Gasteiger partial charge in [0.1, 0.15) is 11.8 Å². The molecule has 0 fully saturated rings. The largest absolute Gasteiger partial charge is 0.496 e. The van der Waals surface area contributed by atoms with E-state index in [1.165, 1.54) is 0 Å². The Morgan fingerprint density at radius 2 is 1.77 bits per heavy atom. The molecule has 1 unspecified atom stereocenters. The lowest BCUT2D eigenvalue weighted by Gasteiger charge is -2.29. The number of anilines is 1. The molecule has 0 aliphatic carbocycles. The van der Waals surface area contributed by atoms with Crippen molar-refractivity contribution in [2.24, 2.45) is 0 Å². The number of fused-ring (bicyclic) bond motifs is 2. The molecule has 2 heterocycles. The van der Waals surface area contributed by atoms with E-state index in [4.69, 9.17) is 21.4 Å². The molecule has 0 radical (unpaired) electrons. The minimum absolute atomic E-state index is 0.0956. The number of methoxy groups -OCH3 is 1. The van der Waals surface area contributed by atoms with E-state index in [1.807, 2.05) is 71.6 Å². The average Bonchev–Trinajstić information content (AvgIpc) is 3.50. The van der Waals surface area contributed by atoms with Gasteiger partial charge < -0.3 is 19.7 Å². The van der Waals surface area contributed by atoms with Crippen molar-refractivity contribution in [3.8, 4) is 16.9 Å². The minimum atomic E-state index is -1.12. The highest BCUT2D eigenvalue weighted by molar-refractivity contribution is 6.30. The number of carbonyl (C=O) groups excluding carboxylic acids is 1. The number of nitrogens with one attached hydrogen (secondary N) is 2. The van der Waals surface area contributed by atoms with Gasteiger partial charge in [-0.2, -0.15) is 0 Å². The average molecular weight is 538 g/mol. The van der Waals surface area contributed by atoms with E-state index >= 15 is 0 Å². The molecule has 1 aliphatic rings. The normalized spacial score (nSPS) is 13.4. The van der Waals surface area contributed by atoms with Crippen LogP contribution in [0.15, 0.2) is 91.0 Å². The molecule has 0 saturated heterocycles. The van der Waals surface area contributed by atoms with Crippen LogP contribution in [0.4, 0.5) is 10.5 Å². The van der Waals surface area contributed by atoms with Gasteiger partial charge in [-0.1, -0.05) is 54.1 Å². The van der Waals surface area contributed by atoms with E-state index in [2.05, 4.69) is 16.4 Å². The zero-order valence-electron chi connectivity index (χ0n) is 20.9. The lowest BCUT2D eigenvalue weighted by molar-refractivity contribution is 0.0726. The third-order valence-corrected chi connectivity index (χ3v) is 7.29. The highest BCUT2D eigenvalue weighted by Crippen LogP contribution is 2.41. The van der Waals surface area contributed by atoms with E-state index in [-0.39, 0.29) is 5.91 Å². The Morgan fingerprint density at radius 1 is 1.00 bits per heavy atom. The van der Waals surface area contributed by atoms with Crippen LogP contribution in [-0.2, 0) is 6.54 Å². The van der Waals surface area contributed by atoms with Crippen LogP contribution < -0.4 is 10.1 Å². The first kappa shape index (κ1) is 24.6. The van der Waals surface area contributed by atoms with Crippen molar-refractivity contribution in [1.29, 1.82) is 0 Å². The number of benzene rings is 4. The second-order valence-electron chi connectivity index (χ2n) is 9.41. The predicted molar refractivity (Wildman–Crippen MR) is 152 cm³/mol.